The molecule has 0 bridgehead atoms. The van der Waals surface area contributed by atoms with Crippen LogP contribution in [0.5, 0.6) is 5.75 Å². The van der Waals surface area contributed by atoms with Crippen LogP contribution in [-0.4, -0.2) is 56.2 Å². The Morgan fingerprint density at radius 1 is 1.00 bits per heavy atom. The summed E-state index contributed by atoms with van der Waals surface area (Å²) < 4.78 is 38.5. The third kappa shape index (κ3) is 3.90. The van der Waals surface area contributed by atoms with Gasteiger partial charge in [-0.15, -0.1) is 0 Å². The smallest absolute Gasteiger partial charge is 0.243 e. The fraction of sp³-hybridized carbons (Fsp3) is 0.333. The van der Waals surface area contributed by atoms with Crippen LogP contribution in [0.25, 0.3) is 11.4 Å². The summed E-state index contributed by atoms with van der Waals surface area (Å²) >= 11 is 0. The van der Waals surface area contributed by atoms with Gasteiger partial charge in [-0.3, -0.25) is 0 Å². The molecule has 3 aromatic rings. The molecule has 1 fully saturated rings. The lowest BCUT2D eigenvalue weighted by Gasteiger charge is -2.35. The van der Waals surface area contributed by atoms with E-state index in [0.29, 0.717) is 49.0 Å². The van der Waals surface area contributed by atoms with E-state index < -0.39 is 10.0 Å². The highest BCUT2D eigenvalue weighted by Crippen LogP contribution is 2.27. The first-order valence-electron chi connectivity index (χ1n) is 9.69. The Morgan fingerprint density at radius 3 is 2.30 bits per heavy atom. The number of anilines is 1. The molecule has 0 amide bonds. The highest BCUT2D eigenvalue weighted by atomic mass is 32.2. The minimum Gasteiger partial charge on any atom is -0.497 e. The second kappa shape index (κ2) is 8.08. The molecule has 8 nitrogen and oxygen atoms in total. The van der Waals surface area contributed by atoms with Crippen LogP contribution in [0.15, 0.2) is 51.9 Å². The van der Waals surface area contributed by atoms with Crippen molar-refractivity contribution in [1.29, 1.82) is 0 Å². The van der Waals surface area contributed by atoms with E-state index >= 15 is 0 Å². The summed E-state index contributed by atoms with van der Waals surface area (Å²) in [7, 11) is -2.00. The molecule has 2 aromatic carbocycles. The van der Waals surface area contributed by atoms with Gasteiger partial charge in [0.05, 0.1) is 12.0 Å². The molecule has 0 N–H and O–H groups in total. The van der Waals surface area contributed by atoms with Gasteiger partial charge in [0.25, 0.3) is 0 Å². The van der Waals surface area contributed by atoms with Crippen molar-refractivity contribution in [3.05, 3.63) is 53.9 Å². The van der Waals surface area contributed by atoms with Crippen LogP contribution in [0.1, 0.15) is 11.5 Å². The first-order valence-corrected chi connectivity index (χ1v) is 11.1. The van der Waals surface area contributed by atoms with Crippen LogP contribution in [-0.2, 0) is 10.0 Å². The molecule has 4 rings (SSSR count). The molecule has 9 heteroatoms. The molecule has 0 unspecified atom stereocenters. The lowest BCUT2D eigenvalue weighted by atomic mass is 10.1. The molecule has 0 radical (unpaired) electrons. The third-order valence-electron chi connectivity index (χ3n) is 5.27. The predicted molar refractivity (Wildman–Crippen MR) is 113 cm³/mol. The molecule has 2 heterocycles. The Hall–Kier alpha value is -2.91. The number of methoxy groups -OCH3 is 1. The third-order valence-corrected chi connectivity index (χ3v) is 7.31. The SMILES string of the molecule is COc1ccc(N2CCN(S(=O)(=O)c3cc(-c4noc(C)n4)ccc3C)CC2)cc1. The van der Waals surface area contributed by atoms with Crippen molar-refractivity contribution >= 4 is 15.7 Å². The number of nitrogens with zero attached hydrogens (tertiary/aromatic N) is 4. The van der Waals surface area contributed by atoms with Gasteiger partial charge in [-0.1, -0.05) is 17.3 Å². The van der Waals surface area contributed by atoms with E-state index in [1.807, 2.05) is 24.3 Å². The van der Waals surface area contributed by atoms with Gasteiger partial charge in [0.15, 0.2) is 0 Å². The van der Waals surface area contributed by atoms with Crippen molar-refractivity contribution in [2.24, 2.45) is 0 Å². The number of piperazine rings is 1. The lowest BCUT2D eigenvalue weighted by Crippen LogP contribution is -2.48. The molecule has 1 saturated heterocycles. The maximum atomic E-state index is 13.4. The average molecular weight is 429 g/mol. The second-order valence-corrected chi connectivity index (χ2v) is 9.11. The number of ether oxygens (including phenoxy) is 1. The van der Waals surface area contributed by atoms with Gasteiger partial charge in [-0.25, -0.2) is 8.42 Å². The average Bonchev–Trinajstić information content (AvgIpc) is 3.20. The first kappa shape index (κ1) is 20.4. The van der Waals surface area contributed by atoms with E-state index in [4.69, 9.17) is 9.26 Å². The summed E-state index contributed by atoms with van der Waals surface area (Å²) in [6.45, 7) is 5.57. The van der Waals surface area contributed by atoms with E-state index in [-0.39, 0.29) is 4.90 Å². The normalized spacial score (nSPS) is 15.4. The minimum atomic E-state index is -3.63. The largest absolute Gasteiger partial charge is 0.497 e. The summed E-state index contributed by atoms with van der Waals surface area (Å²) in [6.07, 6.45) is 0. The molecule has 0 atom stereocenters. The predicted octanol–water partition coefficient (Wildman–Crippen LogP) is 2.87. The van der Waals surface area contributed by atoms with Crippen LogP contribution in [0, 0.1) is 13.8 Å². The second-order valence-electron chi connectivity index (χ2n) is 7.21. The van der Waals surface area contributed by atoms with Crippen molar-refractivity contribution in [2.45, 2.75) is 18.7 Å². The fourth-order valence-electron chi connectivity index (χ4n) is 3.55. The van der Waals surface area contributed by atoms with Crippen LogP contribution in [0.3, 0.4) is 0 Å². The Kier molecular flexibility index (Phi) is 5.48. The number of aryl methyl sites for hydroxylation is 2. The minimum absolute atomic E-state index is 0.278. The van der Waals surface area contributed by atoms with Crippen LogP contribution < -0.4 is 9.64 Å². The van der Waals surface area contributed by atoms with Crippen molar-refractivity contribution in [1.82, 2.24) is 14.4 Å². The van der Waals surface area contributed by atoms with Crippen molar-refractivity contribution in [3.63, 3.8) is 0 Å². The molecule has 1 aromatic heterocycles. The number of aromatic nitrogens is 2. The number of sulfonamides is 1. The van der Waals surface area contributed by atoms with Crippen molar-refractivity contribution < 1.29 is 17.7 Å². The highest BCUT2D eigenvalue weighted by molar-refractivity contribution is 7.89. The van der Waals surface area contributed by atoms with Gasteiger partial charge in [0.2, 0.25) is 21.7 Å². The molecule has 0 saturated carbocycles. The van der Waals surface area contributed by atoms with Gasteiger partial charge in [-0.05, 0) is 42.8 Å². The van der Waals surface area contributed by atoms with Gasteiger partial charge < -0.3 is 14.2 Å². The van der Waals surface area contributed by atoms with Crippen molar-refractivity contribution in [3.8, 4) is 17.1 Å². The Balaban J connectivity index is 1.53. The maximum absolute atomic E-state index is 13.4. The Morgan fingerprint density at radius 2 is 1.70 bits per heavy atom. The molecular formula is C21H24N4O4S. The maximum Gasteiger partial charge on any atom is 0.243 e. The van der Waals surface area contributed by atoms with Gasteiger partial charge in [0, 0.05) is 44.4 Å². The molecule has 1 aliphatic rings. The monoisotopic (exact) mass is 428 g/mol. The molecule has 158 valence electrons. The molecule has 0 spiro atoms. The zero-order chi connectivity index (χ0) is 21.3. The number of hydrogen-bond donors (Lipinski definition) is 0. The van der Waals surface area contributed by atoms with E-state index in [1.54, 1.807) is 43.5 Å². The summed E-state index contributed by atoms with van der Waals surface area (Å²) in [5, 5.41) is 3.90. The topological polar surface area (TPSA) is 88.8 Å². The molecule has 30 heavy (non-hydrogen) atoms. The summed E-state index contributed by atoms with van der Waals surface area (Å²) in [4.78, 5) is 6.66. The highest BCUT2D eigenvalue weighted by Gasteiger charge is 2.30. The Labute approximate surface area is 176 Å². The van der Waals surface area contributed by atoms with Crippen molar-refractivity contribution in [2.75, 3.05) is 38.2 Å². The fourth-order valence-corrected chi connectivity index (χ4v) is 5.23. The lowest BCUT2D eigenvalue weighted by molar-refractivity contribution is 0.384. The number of hydrogen-bond acceptors (Lipinski definition) is 7. The van der Waals surface area contributed by atoms with Crippen LogP contribution in [0.2, 0.25) is 0 Å². The zero-order valence-corrected chi connectivity index (χ0v) is 18.0. The zero-order valence-electron chi connectivity index (χ0n) is 17.2. The van der Waals surface area contributed by atoms with Gasteiger partial charge in [0.1, 0.15) is 5.75 Å². The van der Waals surface area contributed by atoms with Gasteiger partial charge >= 0.3 is 0 Å². The summed E-state index contributed by atoms with van der Waals surface area (Å²) in [5.41, 5.74) is 2.36. The summed E-state index contributed by atoms with van der Waals surface area (Å²) in [6, 6.07) is 13.0. The summed E-state index contributed by atoms with van der Waals surface area (Å²) in [5.74, 6) is 1.62. The van der Waals surface area contributed by atoms with E-state index in [1.165, 1.54) is 0 Å². The number of rotatable bonds is 5. The van der Waals surface area contributed by atoms with Crippen LogP contribution in [0.4, 0.5) is 5.69 Å². The van der Waals surface area contributed by atoms with E-state index in [2.05, 4.69) is 15.0 Å². The van der Waals surface area contributed by atoms with E-state index in [0.717, 1.165) is 11.4 Å². The van der Waals surface area contributed by atoms with Crippen LogP contribution >= 0.6 is 0 Å². The van der Waals surface area contributed by atoms with Gasteiger partial charge in [-0.2, -0.15) is 9.29 Å². The van der Waals surface area contributed by atoms with E-state index in [9.17, 15) is 8.42 Å². The molecular weight excluding hydrogens is 404 g/mol. The standard InChI is InChI=1S/C21H24N4O4S/c1-15-4-5-17(21-22-16(2)29-23-21)14-20(15)30(26,27)25-12-10-24(11-13-25)18-6-8-19(28-3)9-7-18/h4-9,14H,10-13H2,1-3H3. The first-order chi connectivity index (χ1) is 14.4. The molecule has 1 aliphatic heterocycles. The number of benzene rings is 2. The molecule has 0 aliphatic carbocycles. The quantitative estimate of drug-likeness (QED) is 0.617. The Bertz CT molecular complexity index is 1130.